The van der Waals surface area contributed by atoms with E-state index in [1.54, 1.807) is 12.1 Å². The van der Waals surface area contributed by atoms with Gasteiger partial charge in [0.1, 0.15) is 6.04 Å². The molecule has 0 bridgehead atoms. The van der Waals surface area contributed by atoms with Crippen molar-refractivity contribution in [1.29, 1.82) is 0 Å². The Bertz CT molecular complexity index is 478. The Morgan fingerprint density at radius 3 is 2.30 bits per heavy atom. The molecule has 4 nitrogen and oxygen atoms in total. The standard InChI is InChI=1S/C15H20ClNO3/c1-9-7-15(8-10(2)20-9,13(17)14(18)19)11-3-5-12(16)6-4-11/h3-6,9-10,13H,7-8,17H2,1-2H3,(H,18,19)/t9-,10+,13-,15+/m1/s1. The molecule has 110 valence electrons. The molecule has 2 rings (SSSR count). The van der Waals surface area contributed by atoms with Crippen LogP contribution in [-0.2, 0) is 14.9 Å². The van der Waals surface area contributed by atoms with Gasteiger partial charge in [-0.1, -0.05) is 23.7 Å². The summed E-state index contributed by atoms with van der Waals surface area (Å²) in [5.74, 6) is -0.985. The van der Waals surface area contributed by atoms with Crippen molar-refractivity contribution < 1.29 is 14.6 Å². The number of ether oxygens (including phenoxy) is 1. The third kappa shape index (κ3) is 2.82. The number of carboxylic acid groups (broad SMARTS) is 1. The average molecular weight is 298 g/mol. The van der Waals surface area contributed by atoms with E-state index in [0.717, 1.165) is 5.56 Å². The van der Waals surface area contributed by atoms with Gasteiger partial charge in [-0.3, -0.25) is 4.79 Å². The summed E-state index contributed by atoms with van der Waals surface area (Å²) in [6.07, 6.45) is 1.12. The largest absolute Gasteiger partial charge is 0.480 e. The van der Waals surface area contributed by atoms with Crippen molar-refractivity contribution in [2.75, 3.05) is 0 Å². The van der Waals surface area contributed by atoms with Crippen molar-refractivity contribution in [1.82, 2.24) is 0 Å². The van der Waals surface area contributed by atoms with Gasteiger partial charge in [-0.2, -0.15) is 0 Å². The number of carbonyl (C=O) groups is 1. The van der Waals surface area contributed by atoms with Crippen LogP contribution in [0.3, 0.4) is 0 Å². The maximum absolute atomic E-state index is 11.5. The number of benzene rings is 1. The Hall–Kier alpha value is -1.10. The zero-order chi connectivity index (χ0) is 14.9. The summed E-state index contributed by atoms with van der Waals surface area (Å²) < 4.78 is 5.74. The molecule has 0 saturated carbocycles. The second-order valence-corrected chi connectivity index (χ2v) is 6.08. The van der Waals surface area contributed by atoms with Crippen molar-refractivity contribution in [2.24, 2.45) is 5.73 Å². The summed E-state index contributed by atoms with van der Waals surface area (Å²) in [5, 5.41) is 10.0. The van der Waals surface area contributed by atoms with Crippen LogP contribution in [0.2, 0.25) is 5.02 Å². The second-order valence-electron chi connectivity index (χ2n) is 5.64. The quantitative estimate of drug-likeness (QED) is 0.899. The molecule has 1 aromatic rings. The zero-order valence-electron chi connectivity index (χ0n) is 11.7. The van der Waals surface area contributed by atoms with Gasteiger partial charge in [-0.25, -0.2) is 0 Å². The van der Waals surface area contributed by atoms with Crippen molar-refractivity contribution in [3.63, 3.8) is 0 Å². The predicted octanol–water partition coefficient (Wildman–Crippen LogP) is 2.58. The van der Waals surface area contributed by atoms with Gasteiger partial charge >= 0.3 is 5.97 Å². The van der Waals surface area contributed by atoms with E-state index >= 15 is 0 Å². The Labute approximate surface area is 123 Å². The lowest BCUT2D eigenvalue weighted by Crippen LogP contribution is -2.56. The van der Waals surface area contributed by atoms with Crippen molar-refractivity contribution in [2.45, 2.75) is 50.4 Å². The first-order chi connectivity index (χ1) is 9.35. The minimum atomic E-state index is -0.985. The third-order valence-electron chi connectivity index (χ3n) is 4.05. The molecule has 1 heterocycles. The molecule has 0 aromatic heterocycles. The minimum Gasteiger partial charge on any atom is -0.480 e. The van der Waals surface area contributed by atoms with Gasteiger partial charge in [0.2, 0.25) is 0 Å². The van der Waals surface area contributed by atoms with Crippen LogP contribution >= 0.6 is 11.6 Å². The first-order valence-electron chi connectivity index (χ1n) is 6.75. The van der Waals surface area contributed by atoms with Crippen LogP contribution in [-0.4, -0.2) is 29.3 Å². The fraction of sp³-hybridized carbons (Fsp3) is 0.533. The van der Waals surface area contributed by atoms with Crippen molar-refractivity contribution in [3.8, 4) is 0 Å². The fourth-order valence-corrected chi connectivity index (χ4v) is 3.42. The van der Waals surface area contributed by atoms with E-state index in [9.17, 15) is 9.90 Å². The first kappa shape index (κ1) is 15.3. The SMILES string of the molecule is C[C@@H]1C[C@](c2ccc(Cl)cc2)([C@H](N)C(=O)O)C[C@H](C)O1. The summed E-state index contributed by atoms with van der Waals surface area (Å²) in [4.78, 5) is 11.5. The third-order valence-corrected chi connectivity index (χ3v) is 4.30. The summed E-state index contributed by atoms with van der Waals surface area (Å²) in [7, 11) is 0. The molecule has 1 aliphatic heterocycles. The molecule has 0 aliphatic carbocycles. The molecule has 0 radical (unpaired) electrons. The highest BCUT2D eigenvalue weighted by atomic mass is 35.5. The van der Waals surface area contributed by atoms with E-state index in [4.69, 9.17) is 22.1 Å². The molecule has 1 aromatic carbocycles. The lowest BCUT2D eigenvalue weighted by Gasteiger charge is -2.45. The predicted molar refractivity (Wildman–Crippen MR) is 78.0 cm³/mol. The van der Waals surface area contributed by atoms with Crippen LogP contribution in [0.4, 0.5) is 0 Å². The summed E-state index contributed by atoms with van der Waals surface area (Å²) in [5.41, 5.74) is 6.33. The second kappa shape index (κ2) is 5.72. The van der Waals surface area contributed by atoms with E-state index in [1.165, 1.54) is 0 Å². The number of hydrogen-bond acceptors (Lipinski definition) is 3. The van der Waals surface area contributed by atoms with Gasteiger partial charge in [0.25, 0.3) is 0 Å². The number of carboxylic acids is 1. The molecular weight excluding hydrogens is 278 g/mol. The van der Waals surface area contributed by atoms with Gasteiger partial charge in [0.05, 0.1) is 12.2 Å². The molecule has 1 saturated heterocycles. The molecule has 5 heteroatoms. The van der Waals surface area contributed by atoms with Crippen LogP contribution in [0.1, 0.15) is 32.3 Å². The van der Waals surface area contributed by atoms with Crippen molar-refractivity contribution in [3.05, 3.63) is 34.9 Å². The van der Waals surface area contributed by atoms with Gasteiger partial charge < -0.3 is 15.6 Å². The maximum Gasteiger partial charge on any atom is 0.321 e. The van der Waals surface area contributed by atoms with E-state index in [0.29, 0.717) is 17.9 Å². The highest BCUT2D eigenvalue weighted by Crippen LogP contribution is 2.42. The van der Waals surface area contributed by atoms with Crippen molar-refractivity contribution >= 4 is 17.6 Å². The number of aliphatic carboxylic acids is 1. The number of rotatable bonds is 3. The Morgan fingerprint density at radius 1 is 1.35 bits per heavy atom. The number of hydrogen-bond donors (Lipinski definition) is 2. The van der Waals surface area contributed by atoms with Gasteiger partial charge in [0, 0.05) is 10.4 Å². The van der Waals surface area contributed by atoms with E-state index < -0.39 is 17.4 Å². The average Bonchev–Trinajstić information content (AvgIpc) is 2.37. The molecule has 4 atom stereocenters. The molecule has 20 heavy (non-hydrogen) atoms. The smallest absolute Gasteiger partial charge is 0.321 e. The number of nitrogens with two attached hydrogens (primary N) is 1. The molecular formula is C15H20ClNO3. The number of halogens is 1. The fourth-order valence-electron chi connectivity index (χ4n) is 3.29. The summed E-state index contributed by atoms with van der Waals surface area (Å²) in [6, 6.07) is 6.33. The van der Waals surface area contributed by atoms with Crippen LogP contribution in [0, 0.1) is 0 Å². The zero-order valence-corrected chi connectivity index (χ0v) is 12.4. The highest BCUT2D eigenvalue weighted by Gasteiger charge is 2.47. The lowest BCUT2D eigenvalue weighted by molar-refractivity contribution is -0.143. The Morgan fingerprint density at radius 2 is 1.85 bits per heavy atom. The molecule has 0 spiro atoms. The molecule has 1 fully saturated rings. The van der Waals surface area contributed by atoms with Gasteiger partial charge in [-0.05, 0) is 44.4 Å². The van der Waals surface area contributed by atoms with E-state index in [-0.39, 0.29) is 12.2 Å². The first-order valence-corrected chi connectivity index (χ1v) is 7.13. The molecule has 1 aliphatic rings. The monoisotopic (exact) mass is 297 g/mol. The molecule has 3 N–H and O–H groups in total. The van der Waals surface area contributed by atoms with Gasteiger partial charge in [0.15, 0.2) is 0 Å². The van der Waals surface area contributed by atoms with E-state index in [1.807, 2.05) is 26.0 Å². The Balaban J connectivity index is 2.48. The van der Waals surface area contributed by atoms with Crippen LogP contribution in [0.15, 0.2) is 24.3 Å². The molecule has 0 unspecified atom stereocenters. The summed E-state index contributed by atoms with van der Waals surface area (Å²) in [6.45, 7) is 3.91. The highest BCUT2D eigenvalue weighted by molar-refractivity contribution is 6.30. The van der Waals surface area contributed by atoms with Crippen LogP contribution in [0.5, 0.6) is 0 Å². The lowest BCUT2D eigenvalue weighted by atomic mass is 9.66. The maximum atomic E-state index is 11.5. The van der Waals surface area contributed by atoms with Crippen LogP contribution in [0.25, 0.3) is 0 Å². The molecule has 0 amide bonds. The van der Waals surface area contributed by atoms with Gasteiger partial charge in [-0.15, -0.1) is 0 Å². The Kier molecular flexibility index (Phi) is 4.37. The normalized spacial score (nSPS) is 31.8. The minimum absolute atomic E-state index is 0.0279. The van der Waals surface area contributed by atoms with Crippen LogP contribution < -0.4 is 5.73 Å². The summed E-state index contributed by atoms with van der Waals surface area (Å²) >= 11 is 5.92. The van der Waals surface area contributed by atoms with E-state index in [2.05, 4.69) is 0 Å². The topological polar surface area (TPSA) is 72.6 Å².